The van der Waals surface area contributed by atoms with E-state index in [1.54, 1.807) is 10.6 Å². The van der Waals surface area contributed by atoms with Crippen molar-refractivity contribution in [1.29, 1.82) is 5.41 Å². The van der Waals surface area contributed by atoms with Crippen LogP contribution in [-0.4, -0.2) is 26.3 Å². The minimum absolute atomic E-state index is 0.0484. The van der Waals surface area contributed by atoms with Crippen molar-refractivity contribution in [2.45, 2.75) is 23.0 Å². The Balaban J connectivity index is 1.45. The van der Waals surface area contributed by atoms with Gasteiger partial charge in [-0.25, -0.2) is 18.7 Å². The van der Waals surface area contributed by atoms with Crippen molar-refractivity contribution in [3.8, 4) is 11.5 Å². The highest BCUT2D eigenvalue weighted by Gasteiger charge is 2.18. The lowest BCUT2D eigenvalue weighted by Crippen LogP contribution is -2.14. The first-order valence-corrected chi connectivity index (χ1v) is 10.8. The largest absolute Gasteiger partial charge is 0.454 e. The Hall–Kier alpha value is -2.92. The van der Waals surface area contributed by atoms with E-state index in [9.17, 15) is 8.78 Å². The molecule has 1 aliphatic rings. The fourth-order valence-electron chi connectivity index (χ4n) is 3.24. The number of hydrogen-bond donors (Lipinski definition) is 2. The summed E-state index contributed by atoms with van der Waals surface area (Å²) in [6.07, 6.45) is 1.74. The minimum atomic E-state index is -0.875. The predicted molar refractivity (Wildman–Crippen MR) is 112 cm³/mol. The number of rotatable bonds is 5. The number of H-pyrrole nitrogens is 1. The van der Waals surface area contributed by atoms with Crippen molar-refractivity contribution in [1.82, 2.24) is 19.5 Å². The lowest BCUT2D eigenvalue weighted by atomic mass is 10.1. The molecule has 5 rings (SSSR count). The second-order valence-electron chi connectivity index (χ2n) is 6.73. The summed E-state index contributed by atoms with van der Waals surface area (Å²) in [5.74, 6) is -0.409. The van der Waals surface area contributed by atoms with Gasteiger partial charge in [-0.3, -0.25) is 5.41 Å². The number of nitrogens with one attached hydrogen (secondary N) is 2. The van der Waals surface area contributed by atoms with E-state index in [2.05, 4.69) is 30.9 Å². The van der Waals surface area contributed by atoms with E-state index >= 15 is 0 Å². The molecule has 7 nitrogen and oxygen atoms in total. The number of nitrogens with zero attached hydrogens (tertiary/aromatic N) is 3. The molecule has 4 aromatic rings. The Morgan fingerprint density at radius 2 is 2.03 bits per heavy atom. The van der Waals surface area contributed by atoms with Crippen LogP contribution in [0.4, 0.5) is 8.78 Å². The third-order valence-corrected chi connectivity index (χ3v) is 6.65. The molecular formula is C20H14BrF2N5O2S. The Kier molecular flexibility index (Phi) is 5.14. The van der Waals surface area contributed by atoms with Gasteiger partial charge in [-0.2, -0.15) is 0 Å². The zero-order chi connectivity index (χ0) is 21.5. The fraction of sp³-hybridized carbons (Fsp3) is 0.150. The van der Waals surface area contributed by atoms with Crippen molar-refractivity contribution in [3.63, 3.8) is 0 Å². The van der Waals surface area contributed by atoms with E-state index in [1.165, 1.54) is 24.2 Å². The van der Waals surface area contributed by atoms with Crippen LogP contribution in [-0.2, 0) is 13.0 Å². The highest BCUT2D eigenvalue weighted by Crippen LogP contribution is 2.42. The number of aromatic amines is 1. The van der Waals surface area contributed by atoms with Crippen LogP contribution in [0.15, 0.2) is 51.2 Å². The highest BCUT2D eigenvalue weighted by molar-refractivity contribution is 9.10. The third kappa shape index (κ3) is 3.79. The van der Waals surface area contributed by atoms with E-state index in [0.29, 0.717) is 34.4 Å². The standard InChI is InChI=1S/C20H14BrF2N5O2S/c21-11-6-13-14(30-9-29-13)7-15(11)31-20-26-17-18(24)25-8-28(19(17)27-20)5-4-10-2-1-3-12(22)16(10)23/h1-3,6-8,24H,4-5,9H2,(H,26,27). The molecule has 0 atom stereocenters. The fourth-order valence-corrected chi connectivity index (χ4v) is 4.62. The van der Waals surface area contributed by atoms with Crippen LogP contribution in [0.1, 0.15) is 5.56 Å². The number of aromatic nitrogens is 4. The predicted octanol–water partition coefficient (Wildman–Crippen LogP) is 4.40. The molecule has 1 aliphatic heterocycles. The maximum Gasteiger partial charge on any atom is 0.231 e. The van der Waals surface area contributed by atoms with Crippen molar-refractivity contribution in [2.75, 3.05) is 6.79 Å². The lowest BCUT2D eigenvalue weighted by molar-refractivity contribution is 0.174. The zero-order valence-electron chi connectivity index (χ0n) is 15.8. The molecule has 11 heteroatoms. The van der Waals surface area contributed by atoms with Crippen LogP contribution in [0.3, 0.4) is 0 Å². The molecule has 2 aromatic heterocycles. The van der Waals surface area contributed by atoms with Crippen LogP contribution < -0.4 is 15.0 Å². The van der Waals surface area contributed by atoms with Crippen LogP contribution >= 0.6 is 27.7 Å². The van der Waals surface area contributed by atoms with Gasteiger partial charge in [0.25, 0.3) is 0 Å². The van der Waals surface area contributed by atoms with Crippen molar-refractivity contribution in [2.24, 2.45) is 0 Å². The van der Waals surface area contributed by atoms with E-state index in [1.807, 2.05) is 12.1 Å². The Labute approximate surface area is 187 Å². The van der Waals surface area contributed by atoms with E-state index < -0.39 is 11.6 Å². The number of imidazole rings is 1. The summed E-state index contributed by atoms with van der Waals surface area (Å²) < 4.78 is 40.8. The maximum absolute atomic E-state index is 14.0. The van der Waals surface area contributed by atoms with Crippen LogP contribution in [0.5, 0.6) is 11.5 Å². The van der Waals surface area contributed by atoms with Gasteiger partial charge in [-0.1, -0.05) is 23.9 Å². The van der Waals surface area contributed by atoms with E-state index in [0.717, 1.165) is 15.4 Å². The third-order valence-electron chi connectivity index (χ3n) is 4.79. The molecule has 0 aliphatic carbocycles. The summed E-state index contributed by atoms with van der Waals surface area (Å²) in [6, 6.07) is 7.80. The summed E-state index contributed by atoms with van der Waals surface area (Å²) in [5.41, 5.74) is 1.29. The summed E-state index contributed by atoms with van der Waals surface area (Å²) in [5, 5.41) is 8.65. The van der Waals surface area contributed by atoms with Gasteiger partial charge in [0.1, 0.15) is 5.52 Å². The Morgan fingerprint density at radius 3 is 2.87 bits per heavy atom. The average molecular weight is 506 g/mol. The summed E-state index contributed by atoms with van der Waals surface area (Å²) in [7, 11) is 0. The molecule has 2 aromatic carbocycles. The number of benzene rings is 2. The molecule has 0 fully saturated rings. The molecule has 0 saturated heterocycles. The van der Waals surface area contributed by atoms with Gasteiger partial charge < -0.3 is 19.0 Å². The van der Waals surface area contributed by atoms with E-state index in [-0.39, 0.29) is 24.3 Å². The van der Waals surface area contributed by atoms with Gasteiger partial charge in [-0.15, -0.1) is 0 Å². The van der Waals surface area contributed by atoms with Gasteiger partial charge in [0.05, 0.1) is 6.33 Å². The molecular weight excluding hydrogens is 492 g/mol. The number of halogens is 3. The van der Waals surface area contributed by atoms with Crippen LogP contribution in [0.25, 0.3) is 11.2 Å². The second-order valence-corrected chi connectivity index (χ2v) is 8.61. The van der Waals surface area contributed by atoms with Gasteiger partial charge in [0, 0.05) is 15.9 Å². The first-order chi connectivity index (χ1) is 15.0. The lowest BCUT2D eigenvalue weighted by Gasteiger charge is -2.08. The summed E-state index contributed by atoms with van der Waals surface area (Å²) in [6.45, 7) is 0.507. The van der Waals surface area contributed by atoms with Crippen molar-refractivity contribution < 1.29 is 18.3 Å². The van der Waals surface area contributed by atoms with Gasteiger partial charge >= 0.3 is 0 Å². The van der Waals surface area contributed by atoms with Gasteiger partial charge in [0.15, 0.2) is 39.4 Å². The first kappa shape index (κ1) is 20.0. The van der Waals surface area contributed by atoms with Crippen LogP contribution in [0, 0.1) is 17.0 Å². The molecule has 0 radical (unpaired) electrons. The number of aryl methyl sites for hydroxylation is 2. The Morgan fingerprint density at radius 1 is 1.23 bits per heavy atom. The molecule has 31 heavy (non-hydrogen) atoms. The van der Waals surface area contributed by atoms with E-state index in [4.69, 9.17) is 14.9 Å². The quantitative estimate of drug-likeness (QED) is 0.419. The number of hydrogen-bond acceptors (Lipinski definition) is 6. The molecule has 158 valence electrons. The van der Waals surface area contributed by atoms with Crippen LogP contribution in [0.2, 0.25) is 0 Å². The monoisotopic (exact) mass is 505 g/mol. The SMILES string of the molecule is N=c1ncn(CCc2cccc(F)c2F)c2nc(Sc3cc4c(cc3Br)OCO4)[nH]c12. The van der Waals surface area contributed by atoms with Crippen molar-refractivity contribution >= 4 is 38.9 Å². The molecule has 0 saturated carbocycles. The highest BCUT2D eigenvalue weighted by atomic mass is 79.9. The summed E-state index contributed by atoms with van der Waals surface area (Å²) in [4.78, 5) is 12.7. The maximum atomic E-state index is 14.0. The zero-order valence-corrected chi connectivity index (χ0v) is 18.2. The number of fused-ring (bicyclic) bond motifs is 2. The smallest absolute Gasteiger partial charge is 0.231 e. The normalized spacial score (nSPS) is 12.6. The minimum Gasteiger partial charge on any atom is -0.454 e. The molecule has 0 spiro atoms. The summed E-state index contributed by atoms with van der Waals surface area (Å²) >= 11 is 4.88. The second kappa shape index (κ2) is 7.97. The molecule has 0 unspecified atom stereocenters. The van der Waals surface area contributed by atoms with Gasteiger partial charge in [-0.05, 0) is 46.1 Å². The topological polar surface area (TPSA) is 88.8 Å². The molecule has 2 N–H and O–H groups in total. The number of ether oxygens (including phenoxy) is 2. The average Bonchev–Trinajstić information content (AvgIpc) is 3.38. The van der Waals surface area contributed by atoms with Gasteiger partial charge in [0.2, 0.25) is 6.79 Å². The Bertz CT molecular complexity index is 1370. The van der Waals surface area contributed by atoms with Crippen molar-refractivity contribution in [3.05, 3.63) is 63.8 Å². The first-order valence-electron chi connectivity index (χ1n) is 9.19. The molecule has 0 amide bonds. The molecule has 0 bridgehead atoms. The molecule has 3 heterocycles.